The number of amides is 1. The van der Waals surface area contributed by atoms with Gasteiger partial charge in [-0.15, -0.1) is 5.10 Å². The van der Waals surface area contributed by atoms with Crippen LogP contribution in [0.1, 0.15) is 47.3 Å². The Morgan fingerprint density at radius 2 is 1.81 bits per heavy atom. The van der Waals surface area contributed by atoms with E-state index in [2.05, 4.69) is 47.9 Å². The fourth-order valence-corrected chi connectivity index (χ4v) is 6.90. The van der Waals surface area contributed by atoms with Gasteiger partial charge in [-0.1, -0.05) is 59.3 Å². The largest absolute Gasteiger partial charge is 0.445 e. The number of carbonyl (C=O) groups is 1. The molecule has 1 aliphatic heterocycles. The number of carbonyl (C=O) groups excluding carboxylic acids is 1. The van der Waals surface area contributed by atoms with Crippen LogP contribution in [-0.4, -0.2) is 44.1 Å². The molecule has 262 valence electrons. The van der Waals surface area contributed by atoms with E-state index in [0.717, 1.165) is 11.1 Å². The van der Waals surface area contributed by atoms with Crippen LogP contribution in [0.2, 0.25) is 5.02 Å². The molecule has 3 heterocycles. The van der Waals surface area contributed by atoms with Crippen molar-refractivity contribution in [1.29, 1.82) is 5.26 Å². The summed E-state index contributed by atoms with van der Waals surface area (Å²) in [6.45, 7) is 1.24. The van der Waals surface area contributed by atoms with Crippen LogP contribution in [0.5, 0.6) is 0 Å². The number of nitrogens with one attached hydrogen (secondary N) is 2. The molecule has 0 saturated carbocycles. The van der Waals surface area contributed by atoms with Crippen LogP contribution in [-0.2, 0) is 11.3 Å². The molecule has 1 atom stereocenters. The van der Waals surface area contributed by atoms with E-state index in [1.165, 1.54) is 36.5 Å². The highest BCUT2D eigenvalue weighted by atomic mass is 79.9. The van der Waals surface area contributed by atoms with Crippen molar-refractivity contribution >= 4 is 61.6 Å². The molecule has 52 heavy (non-hydrogen) atoms. The van der Waals surface area contributed by atoms with Gasteiger partial charge in [-0.3, -0.25) is 4.98 Å². The maximum atomic E-state index is 14.1. The highest BCUT2D eigenvalue weighted by molar-refractivity contribution is 9.10. The van der Waals surface area contributed by atoms with E-state index in [4.69, 9.17) is 16.3 Å². The molecule has 1 unspecified atom stereocenters. The Balaban J connectivity index is 1.13. The van der Waals surface area contributed by atoms with E-state index < -0.39 is 11.9 Å². The van der Waals surface area contributed by atoms with Gasteiger partial charge in [0, 0.05) is 40.5 Å². The first-order valence-electron chi connectivity index (χ1n) is 16.4. The van der Waals surface area contributed by atoms with Crippen LogP contribution in [0.25, 0.3) is 10.9 Å². The molecule has 1 amide bonds. The lowest BCUT2D eigenvalue weighted by Crippen LogP contribution is -2.39. The first-order valence-corrected chi connectivity index (χ1v) is 17.6. The maximum absolute atomic E-state index is 14.1. The minimum absolute atomic E-state index is 0.00665. The monoisotopic (exact) mass is 782 g/mol. The van der Waals surface area contributed by atoms with E-state index in [-0.39, 0.29) is 35.1 Å². The van der Waals surface area contributed by atoms with Crippen molar-refractivity contribution in [3.63, 3.8) is 0 Å². The predicted octanol–water partition coefficient (Wildman–Crippen LogP) is 9.31. The zero-order chi connectivity index (χ0) is 36.2. The van der Waals surface area contributed by atoms with Crippen LogP contribution >= 0.6 is 27.5 Å². The third-order valence-corrected chi connectivity index (χ3v) is 9.77. The minimum Gasteiger partial charge on any atom is -0.445 e. The molecular weight excluding hydrogens is 754 g/mol. The third-order valence-electron chi connectivity index (χ3n) is 8.87. The number of pyridine rings is 1. The van der Waals surface area contributed by atoms with Gasteiger partial charge in [-0.2, -0.15) is 5.26 Å². The summed E-state index contributed by atoms with van der Waals surface area (Å²) in [5.74, 6) is -0.935. The van der Waals surface area contributed by atoms with Gasteiger partial charge >= 0.3 is 6.09 Å². The lowest BCUT2D eigenvalue weighted by molar-refractivity contribution is 0.0820. The van der Waals surface area contributed by atoms with E-state index in [1.54, 1.807) is 17.0 Å². The van der Waals surface area contributed by atoms with Gasteiger partial charge in [0.05, 0.1) is 40.1 Å². The lowest BCUT2D eigenvalue weighted by Gasteiger charge is -2.31. The molecule has 0 radical (unpaired) electrons. The number of hydrogen-bond donors (Lipinski definition) is 2. The standard InChI is InChI=1S/C38H30BrClF2N8O2/c39-31-17-28(16-30-35(25(19-43)20-44-37(30)31)45-27-10-11-33(42)32(40)18-27)46-36(24-6-8-26(41)9-7-24)34-21-50(48-47-34)29-12-14-49(15-13-29)38(51)52-22-23-4-2-1-3-5-23/h1-11,16-18,20-21,29,36,46H,12-15,22H2,(H,44,45). The van der Waals surface area contributed by atoms with E-state index >= 15 is 0 Å². The average Bonchev–Trinajstić information content (AvgIpc) is 3.66. The minimum atomic E-state index is -0.560. The number of nitrogens with zero attached hydrogens (tertiary/aromatic N) is 6. The van der Waals surface area contributed by atoms with Gasteiger partial charge in [-0.25, -0.2) is 18.3 Å². The molecule has 7 rings (SSSR count). The highest BCUT2D eigenvalue weighted by Gasteiger charge is 2.27. The zero-order valence-corrected chi connectivity index (χ0v) is 29.8. The van der Waals surface area contributed by atoms with Gasteiger partial charge < -0.3 is 20.3 Å². The number of fused-ring (bicyclic) bond motifs is 1. The maximum Gasteiger partial charge on any atom is 0.410 e. The third kappa shape index (κ3) is 7.68. The van der Waals surface area contributed by atoms with E-state index in [9.17, 15) is 18.8 Å². The SMILES string of the molecule is N#Cc1cnc2c(Br)cc(NC(c3ccc(F)cc3)c3cn(C4CCN(C(=O)OCc5ccccc5)CC4)nn3)cc2c1Nc1ccc(F)c(Cl)c1. The van der Waals surface area contributed by atoms with Crippen molar-refractivity contribution in [2.75, 3.05) is 23.7 Å². The summed E-state index contributed by atoms with van der Waals surface area (Å²) in [6, 6.07) is 25.2. The number of aromatic nitrogens is 4. The first-order chi connectivity index (χ1) is 25.2. The Hall–Kier alpha value is -5.58. The quantitative estimate of drug-likeness (QED) is 0.149. The summed E-state index contributed by atoms with van der Waals surface area (Å²) in [5.41, 5.74) is 4.70. The topological polar surface area (TPSA) is 121 Å². The van der Waals surface area contributed by atoms with Gasteiger partial charge in [0.25, 0.3) is 0 Å². The molecular formula is C38H30BrClF2N8O2. The van der Waals surface area contributed by atoms with Crippen LogP contribution in [0, 0.1) is 23.0 Å². The molecule has 1 fully saturated rings. The summed E-state index contributed by atoms with van der Waals surface area (Å²) < 4.78 is 35.9. The molecule has 2 N–H and O–H groups in total. The summed E-state index contributed by atoms with van der Waals surface area (Å²) in [5, 5.41) is 26.2. The predicted molar refractivity (Wildman–Crippen MR) is 197 cm³/mol. The van der Waals surface area contributed by atoms with Crippen molar-refractivity contribution in [3.8, 4) is 6.07 Å². The van der Waals surface area contributed by atoms with Gasteiger partial charge in [0.2, 0.25) is 0 Å². The second-order valence-corrected chi connectivity index (χ2v) is 13.5. The second kappa shape index (κ2) is 15.3. The number of hydrogen-bond acceptors (Lipinski definition) is 8. The number of anilines is 3. The Kier molecular flexibility index (Phi) is 10.3. The molecule has 0 aliphatic carbocycles. The summed E-state index contributed by atoms with van der Waals surface area (Å²) >= 11 is 9.68. The zero-order valence-electron chi connectivity index (χ0n) is 27.4. The van der Waals surface area contributed by atoms with Gasteiger partial charge in [0.15, 0.2) is 0 Å². The van der Waals surface area contributed by atoms with Crippen molar-refractivity contribution in [2.45, 2.75) is 31.5 Å². The summed E-state index contributed by atoms with van der Waals surface area (Å²) in [6.07, 6.45) is 4.31. The number of rotatable bonds is 9. The van der Waals surface area contributed by atoms with Crippen LogP contribution in [0.15, 0.2) is 102 Å². The van der Waals surface area contributed by atoms with Gasteiger partial charge in [-0.05, 0) is 82.4 Å². The lowest BCUT2D eigenvalue weighted by atomic mass is 10.0. The molecule has 14 heteroatoms. The molecule has 0 spiro atoms. The van der Waals surface area contributed by atoms with E-state index in [1.807, 2.05) is 53.3 Å². The van der Waals surface area contributed by atoms with Crippen LogP contribution in [0.4, 0.5) is 30.6 Å². The number of likely N-dealkylation sites (tertiary alicyclic amines) is 1. The fraction of sp³-hybridized carbons (Fsp3) is 0.184. The van der Waals surface area contributed by atoms with Crippen molar-refractivity contribution < 1.29 is 18.3 Å². The molecule has 10 nitrogen and oxygen atoms in total. The molecule has 6 aromatic rings. The number of piperidine rings is 1. The Bertz CT molecular complexity index is 2280. The molecule has 0 bridgehead atoms. The van der Waals surface area contributed by atoms with Crippen LogP contribution < -0.4 is 10.6 Å². The molecule has 2 aromatic heterocycles. The molecule has 1 aliphatic rings. The summed E-state index contributed by atoms with van der Waals surface area (Å²) in [7, 11) is 0. The van der Waals surface area contributed by atoms with Crippen LogP contribution in [0.3, 0.4) is 0 Å². The normalized spacial score (nSPS) is 13.8. The smallest absolute Gasteiger partial charge is 0.410 e. The number of ether oxygens (including phenoxy) is 1. The average molecular weight is 784 g/mol. The van der Waals surface area contributed by atoms with Crippen molar-refractivity contribution in [2.24, 2.45) is 0 Å². The Morgan fingerprint density at radius 1 is 1.04 bits per heavy atom. The van der Waals surface area contributed by atoms with Crippen molar-refractivity contribution in [3.05, 3.63) is 141 Å². The number of benzene rings is 4. The highest BCUT2D eigenvalue weighted by Crippen LogP contribution is 2.37. The summed E-state index contributed by atoms with van der Waals surface area (Å²) in [4.78, 5) is 18.9. The second-order valence-electron chi connectivity index (χ2n) is 12.3. The molecule has 1 saturated heterocycles. The number of nitriles is 1. The Morgan fingerprint density at radius 3 is 2.54 bits per heavy atom. The van der Waals surface area contributed by atoms with Gasteiger partial charge in [0.1, 0.15) is 30.0 Å². The van der Waals surface area contributed by atoms with Crippen molar-refractivity contribution in [1.82, 2.24) is 24.9 Å². The fourth-order valence-electron chi connectivity index (χ4n) is 6.16. The van der Waals surface area contributed by atoms with E-state index in [0.29, 0.717) is 64.1 Å². The molecule has 4 aromatic carbocycles. The first kappa shape index (κ1) is 34.9. The number of halogens is 4. The Labute approximate surface area is 311 Å².